The fourth-order valence-corrected chi connectivity index (χ4v) is 2.07. The average Bonchev–Trinajstić information content (AvgIpc) is 2.80. The molecule has 0 aliphatic heterocycles. The molecule has 0 unspecified atom stereocenters. The van der Waals surface area contributed by atoms with Crippen LogP contribution in [-0.2, 0) is 6.54 Å². The molecule has 0 amide bonds. The van der Waals surface area contributed by atoms with E-state index in [0.717, 1.165) is 18.8 Å². The van der Waals surface area contributed by atoms with Gasteiger partial charge in [0.25, 0.3) is 0 Å². The molecule has 0 radical (unpaired) electrons. The molecule has 1 aromatic heterocycles. The van der Waals surface area contributed by atoms with Crippen LogP contribution in [0.15, 0.2) is 36.7 Å². The summed E-state index contributed by atoms with van der Waals surface area (Å²) in [6.45, 7) is 5.69. The molecular formula is C14H18N4S. The lowest BCUT2D eigenvalue weighted by atomic mass is 10.1. The molecule has 0 spiro atoms. The summed E-state index contributed by atoms with van der Waals surface area (Å²) in [5.74, 6) is 0. The van der Waals surface area contributed by atoms with Crippen molar-refractivity contribution in [3.63, 3.8) is 0 Å². The lowest BCUT2D eigenvalue weighted by Gasteiger charge is -2.06. The van der Waals surface area contributed by atoms with Gasteiger partial charge in [-0.15, -0.1) is 0 Å². The van der Waals surface area contributed by atoms with Crippen LogP contribution >= 0.6 is 12.2 Å². The third-order valence-electron chi connectivity index (χ3n) is 2.82. The Bertz CT molecular complexity index is 562. The zero-order chi connectivity index (χ0) is 13.7. The van der Waals surface area contributed by atoms with E-state index in [2.05, 4.69) is 34.8 Å². The first-order valence-corrected chi connectivity index (χ1v) is 6.71. The normalized spacial score (nSPS) is 10.2. The molecule has 19 heavy (non-hydrogen) atoms. The fraction of sp³-hybridized carbons (Fsp3) is 0.286. The molecule has 1 aromatic carbocycles. The molecular weight excluding hydrogens is 256 g/mol. The first-order valence-electron chi connectivity index (χ1n) is 6.31. The zero-order valence-corrected chi connectivity index (χ0v) is 12.0. The molecule has 0 atom stereocenters. The van der Waals surface area contributed by atoms with Crippen molar-refractivity contribution in [1.82, 2.24) is 15.1 Å². The molecule has 0 aliphatic carbocycles. The van der Waals surface area contributed by atoms with Gasteiger partial charge < -0.3 is 10.6 Å². The van der Waals surface area contributed by atoms with Gasteiger partial charge in [-0.1, -0.05) is 24.3 Å². The molecule has 0 aliphatic rings. The van der Waals surface area contributed by atoms with E-state index < -0.39 is 0 Å². The molecule has 0 saturated carbocycles. The maximum absolute atomic E-state index is 5.14. The van der Waals surface area contributed by atoms with Gasteiger partial charge in [0.2, 0.25) is 0 Å². The van der Waals surface area contributed by atoms with Gasteiger partial charge in [0.1, 0.15) is 0 Å². The van der Waals surface area contributed by atoms with Gasteiger partial charge in [0.05, 0.1) is 18.4 Å². The maximum Gasteiger partial charge on any atom is 0.170 e. The highest BCUT2D eigenvalue weighted by atomic mass is 32.1. The van der Waals surface area contributed by atoms with Gasteiger partial charge in [-0.25, -0.2) is 0 Å². The highest BCUT2D eigenvalue weighted by molar-refractivity contribution is 7.80. The molecule has 100 valence electrons. The quantitative estimate of drug-likeness (QED) is 0.841. The van der Waals surface area contributed by atoms with Crippen molar-refractivity contribution in [3.8, 4) is 0 Å². The van der Waals surface area contributed by atoms with E-state index in [9.17, 15) is 0 Å². The summed E-state index contributed by atoms with van der Waals surface area (Å²) in [7, 11) is 0. The number of hydrogen-bond donors (Lipinski definition) is 2. The maximum atomic E-state index is 5.14. The number of hydrogen-bond acceptors (Lipinski definition) is 2. The second-order valence-corrected chi connectivity index (χ2v) is 4.75. The summed E-state index contributed by atoms with van der Waals surface area (Å²) < 4.78 is 1.90. The van der Waals surface area contributed by atoms with Gasteiger partial charge in [-0.3, -0.25) is 4.68 Å². The Kier molecular flexibility index (Phi) is 4.52. The van der Waals surface area contributed by atoms with Crippen LogP contribution in [0.2, 0.25) is 0 Å². The first-order chi connectivity index (χ1) is 9.19. The van der Waals surface area contributed by atoms with Crippen LogP contribution in [-0.4, -0.2) is 21.4 Å². The Morgan fingerprint density at radius 2 is 2.16 bits per heavy atom. The molecule has 2 rings (SSSR count). The van der Waals surface area contributed by atoms with Crippen molar-refractivity contribution in [2.24, 2.45) is 0 Å². The third-order valence-corrected chi connectivity index (χ3v) is 3.07. The molecule has 2 N–H and O–H groups in total. The predicted molar refractivity (Wildman–Crippen MR) is 82.4 cm³/mol. The Labute approximate surface area is 118 Å². The lowest BCUT2D eigenvalue weighted by Crippen LogP contribution is -2.27. The molecule has 2 aromatic rings. The summed E-state index contributed by atoms with van der Waals surface area (Å²) in [6, 6.07) is 8.32. The number of anilines is 1. The van der Waals surface area contributed by atoms with Gasteiger partial charge in [-0.05, 0) is 37.2 Å². The van der Waals surface area contributed by atoms with Crippen LogP contribution in [0.4, 0.5) is 5.69 Å². The minimum Gasteiger partial charge on any atom is -0.363 e. The first kappa shape index (κ1) is 13.5. The van der Waals surface area contributed by atoms with Crippen LogP contribution in [0, 0.1) is 6.92 Å². The Morgan fingerprint density at radius 3 is 2.89 bits per heavy atom. The van der Waals surface area contributed by atoms with E-state index in [0.29, 0.717) is 5.11 Å². The number of thiocarbonyl (C=S) groups is 1. The number of rotatable bonds is 4. The number of benzene rings is 1. The van der Waals surface area contributed by atoms with Crippen molar-refractivity contribution in [3.05, 3.63) is 47.8 Å². The smallest absolute Gasteiger partial charge is 0.170 e. The Hall–Kier alpha value is -1.88. The number of nitrogens with zero attached hydrogens (tertiary/aromatic N) is 2. The number of nitrogens with one attached hydrogen (secondary N) is 2. The summed E-state index contributed by atoms with van der Waals surface area (Å²) >= 11 is 5.14. The van der Waals surface area contributed by atoms with Gasteiger partial charge in [0.15, 0.2) is 5.11 Å². The number of aromatic nitrogens is 2. The van der Waals surface area contributed by atoms with Gasteiger partial charge in [0, 0.05) is 12.7 Å². The van der Waals surface area contributed by atoms with E-state index in [1.807, 2.05) is 29.9 Å². The van der Waals surface area contributed by atoms with E-state index in [1.54, 1.807) is 6.20 Å². The second-order valence-electron chi connectivity index (χ2n) is 4.34. The molecule has 0 saturated heterocycles. The Balaban J connectivity index is 2.02. The lowest BCUT2D eigenvalue weighted by molar-refractivity contribution is 0.684. The topological polar surface area (TPSA) is 41.9 Å². The minimum absolute atomic E-state index is 0.623. The van der Waals surface area contributed by atoms with Crippen molar-refractivity contribution >= 4 is 23.0 Å². The average molecular weight is 274 g/mol. The van der Waals surface area contributed by atoms with E-state index in [1.165, 1.54) is 11.1 Å². The molecule has 5 heteroatoms. The van der Waals surface area contributed by atoms with Crippen molar-refractivity contribution in [2.75, 3.05) is 11.9 Å². The SMILES string of the molecule is CCNC(=S)Nc1cnn(Cc2ccccc2C)c1. The van der Waals surface area contributed by atoms with E-state index in [4.69, 9.17) is 12.2 Å². The van der Waals surface area contributed by atoms with Crippen LogP contribution in [0.25, 0.3) is 0 Å². The van der Waals surface area contributed by atoms with Gasteiger partial charge in [-0.2, -0.15) is 5.10 Å². The summed E-state index contributed by atoms with van der Waals surface area (Å²) in [5, 5.41) is 11.1. The summed E-state index contributed by atoms with van der Waals surface area (Å²) in [5.41, 5.74) is 3.45. The predicted octanol–water partition coefficient (Wildman–Crippen LogP) is 2.55. The van der Waals surface area contributed by atoms with Gasteiger partial charge >= 0.3 is 0 Å². The van der Waals surface area contributed by atoms with Crippen molar-refractivity contribution < 1.29 is 0 Å². The molecule has 0 bridgehead atoms. The molecule has 0 fully saturated rings. The minimum atomic E-state index is 0.623. The fourth-order valence-electron chi connectivity index (χ4n) is 1.81. The van der Waals surface area contributed by atoms with Crippen LogP contribution < -0.4 is 10.6 Å². The van der Waals surface area contributed by atoms with E-state index in [-0.39, 0.29) is 0 Å². The van der Waals surface area contributed by atoms with Crippen molar-refractivity contribution in [1.29, 1.82) is 0 Å². The summed E-state index contributed by atoms with van der Waals surface area (Å²) in [4.78, 5) is 0. The monoisotopic (exact) mass is 274 g/mol. The van der Waals surface area contributed by atoms with Crippen molar-refractivity contribution in [2.45, 2.75) is 20.4 Å². The van der Waals surface area contributed by atoms with Crippen LogP contribution in [0.5, 0.6) is 0 Å². The second kappa shape index (κ2) is 6.33. The third kappa shape index (κ3) is 3.79. The summed E-state index contributed by atoms with van der Waals surface area (Å²) in [6.07, 6.45) is 3.73. The highest BCUT2D eigenvalue weighted by Crippen LogP contribution is 2.11. The van der Waals surface area contributed by atoms with Crippen LogP contribution in [0.1, 0.15) is 18.1 Å². The molecule has 4 nitrogen and oxygen atoms in total. The Morgan fingerprint density at radius 1 is 1.37 bits per heavy atom. The van der Waals surface area contributed by atoms with E-state index >= 15 is 0 Å². The highest BCUT2D eigenvalue weighted by Gasteiger charge is 2.02. The van der Waals surface area contributed by atoms with Crippen LogP contribution in [0.3, 0.4) is 0 Å². The standard InChI is InChI=1S/C14H18N4S/c1-3-15-14(19)17-13-8-16-18(10-13)9-12-7-5-4-6-11(12)2/h4-8,10H,3,9H2,1-2H3,(H2,15,17,19). The largest absolute Gasteiger partial charge is 0.363 e. The number of aryl methyl sites for hydroxylation is 1. The molecule has 1 heterocycles. The zero-order valence-electron chi connectivity index (χ0n) is 11.2.